The number of carbonyl (C=O) groups is 2. The summed E-state index contributed by atoms with van der Waals surface area (Å²) in [5.74, 6) is 0.854. The number of benzene rings is 1. The lowest BCUT2D eigenvalue weighted by molar-refractivity contribution is 0.0941. The molecule has 0 atom stereocenters. The SMILES string of the molecule is Cc1ncc(C(=O)NCc2ccc(CNC(=O)c3cnc(C)nc3C)cc2)c(C)n1. The van der Waals surface area contributed by atoms with E-state index in [2.05, 4.69) is 30.6 Å². The first-order chi connectivity index (χ1) is 14.3. The van der Waals surface area contributed by atoms with Gasteiger partial charge in [0.25, 0.3) is 11.8 Å². The van der Waals surface area contributed by atoms with Crippen LogP contribution in [0, 0.1) is 27.7 Å². The minimum Gasteiger partial charge on any atom is -0.348 e. The molecule has 3 rings (SSSR count). The zero-order valence-electron chi connectivity index (χ0n) is 17.5. The molecule has 0 radical (unpaired) electrons. The molecule has 0 aliphatic heterocycles. The fourth-order valence-corrected chi connectivity index (χ4v) is 2.94. The lowest BCUT2D eigenvalue weighted by Gasteiger charge is -2.09. The Morgan fingerprint density at radius 2 is 1.07 bits per heavy atom. The van der Waals surface area contributed by atoms with Crippen LogP contribution >= 0.6 is 0 Å². The summed E-state index contributed by atoms with van der Waals surface area (Å²) >= 11 is 0. The molecule has 2 amide bonds. The van der Waals surface area contributed by atoms with Crippen LogP contribution in [-0.4, -0.2) is 31.8 Å². The maximum atomic E-state index is 12.3. The van der Waals surface area contributed by atoms with Gasteiger partial charge < -0.3 is 10.6 Å². The van der Waals surface area contributed by atoms with Gasteiger partial charge in [-0.2, -0.15) is 0 Å². The number of hydrogen-bond donors (Lipinski definition) is 2. The van der Waals surface area contributed by atoms with Gasteiger partial charge in [0.05, 0.1) is 22.5 Å². The van der Waals surface area contributed by atoms with Crippen molar-refractivity contribution < 1.29 is 9.59 Å². The molecular weight excluding hydrogens is 380 g/mol. The molecule has 0 bridgehead atoms. The van der Waals surface area contributed by atoms with Gasteiger partial charge in [-0.15, -0.1) is 0 Å². The van der Waals surface area contributed by atoms with Gasteiger partial charge in [-0.3, -0.25) is 9.59 Å². The molecule has 154 valence electrons. The summed E-state index contributed by atoms with van der Waals surface area (Å²) in [6, 6.07) is 7.67. The average molecular weight is 404 g/mol. The minimum absolute atomic E-state index is 0.209. The maximum Gasteiger partial charge on any atom is 0.254 e. The van der Waals surface area contributed by atoms with Gasteiger partial charge >= 0.3 is 0 Å². The molecule has 1 aromatic carbocycles. The monoisotopic (exact) mass is 404 g/mol. The highest BCUT2D eigenvalue weighted by molar-refractivity contribution is 5.95. The first-order valence-corrected chi connectivity index (χ1v) is 9.58. The summed E-state index contributed by atoms with van der Waals surface area (Å²) < 4.78 is 0. The molecule has 0 spiro atoms. The zero-order valence-corrected chi connectivity index (χ0v) is 17.5. The van der Waals surface area contributed by atoms with Gasteiger partial charge in [-0.05, 0) is 38.8 Å². The second-order valence-electron chi connectivity index (χ2n) is 7.01. The van der Waals surface area contributed by atoms with E-state index < -0.39 is 0 Å². The van der Waals surface area contributed by atoms with E-state index in [0.29, 0.717) is 47.3 Å². The standard InChI is InChI=1S/C22H24N6O2/c1-13-19(11-23-15(3)27-13)21(29)25-9-17-5-7-18(8-6-17)10-26-22(30)20-12-24-16(4)28-14(20)2/h5-8,11-12H,9-10H2,1-4H3,(H,25,29)(H,26,30). The number of carbonyl (C=O) groups excluding carboxylic acids is 2. The number of hydrogen-bond acceptors (Lipinski definition) is 6. The van der Waals surface area contributed by atoms with Crippen LogP contribution in [0.1, 0.15) is 54.9 Å². The van der Waals surface area contributed by atoms with Gasteiger partial charge in [0.1, 0.15) is 11.6 Å². The van der Waals surface area contributed by atoms with Crippen LogP contribution in [0.5, 0.6) is 0 Å². The van der Waals surface area contributed by atoms with Crippen LogP contribution in [0.3, 0.4) is 0 Å². The van der Waals surface area contributed by atoms with E-state index >= 15 is 0 Å². The third kappa shape index (κ3) is 5.22. The summed E-state index contributed by atoms with van der Waals surface area (Å²) in [4.78, 5) is 41.2. The Kier molecular flexibility index (Phi) is 6.46. The number of rotatable bonds is 6. The topological polar surface area (TPSA) is 110 Å². The number of aromatic nitrogens is 4. The van der Waals surface area contributed by atoms with Crippen molar-refractivity contribution in [3.8, 4) is 0 Å². The minimum atomic E-state index is -0.209. The zero-order chi connectivity index (χ0) is 21.7. The van der Waals surface area contributed by atoms with E-state index in [4.69, 9.17) is 0 Å². The van der Waals surface area contributed by atoms with Crippen LogP contribution in [0.2, 0.25) is 0 Å². The van der Waals surface area contributed by atoms with Crippen molar-refractivity contribution in [2.24, 2.45) is 0 Å². The molecule has 0 aliphatic rings. The van der Waals surface area contributed by atoms with Crippen molar-refractivity contribution in [2.45, 2.75) is 40.8 Å². The molecule has 0 fully saturated rings. The van der Waals surface area contributed by atoms with Crippen molar-refractivity contribution in [1.29, 1.82) is 0 Å². The first kappa shape index (κ1) is 21.0. The van der Waals surface area contributed by atoms with Crippen molar-refractivity contribution >= 4 is 11.8 Å². The summed E-state index contributed by atoms with van der Waals surface area (Å²) in [7, 11) is 0. The molecule has 0 aliphatic carbocycles. The summed E-state index contributed by atoms with van der Waals surface area (Å²) in [6.45, 7) is 7.92. The highest BCUT2D eigenvalue weighted by Crippen LogP contribution is 2.08. The van der Waals surface area contributed by atoms with Gasteiger partial charge in [0, 0.05) is 25.5 Å². The van der Waals surface area contributed by atoms with Crippen molar-refractivity contribution in [3.05, 3.63) is 81.9 Å². The molecule has 8 heteroatoms. The first-order valence-electron chi connectivity index (χ1n) is 9.58. The number of aryl methyl sites for hydroxylation is 4. The Bertz CT molecular complexity index is 993. The number of amides is 2. The fraction of sp³-hybridized carbons (Fsp3) is 0.273. The molecule has 0 saturated carbocycles. The van der Waals surface area contributed by atoms with Gasteiger partial charge in [0.2, 0.25) is 0 Å². The molecule has 8 nitrogen and oxygen atoms in total. The van der Waals surface area contributed by atoms with E-state index in [1.165, 1.54) is 0 Å². The van der Waals surface area contributed by atoms with E-state index in [1.54, 1.807) is 40.1 Å². The van der Waals surface area contributed by atoms with Gasteiger partial charge in [0.15, 0.2) is 0 Å². The van der Waals surface area contributed by atoms with Crippen molar-refractivity contribution in [1.82, 2.24) is 30.6 Å². The van der Waals surface area contributed by atoms with E-state index in [0.717, 1.165) is 11.1 Å². The van der Waals surface area contributed by atoms with Crippen LogP contribution in [0.4, 0.5) is 0 Å². The molecule has 0 unspecified atom stereocenters. The predicted octanol–water partition coefficient (Wildman–Crippen LogP) is 2.36. The number of nitrogens with zero attached hydrogens (tertiary/aromatic N) is 4. The molecule has 2 heterocycles. The summed E-state index contributed by atoms with van der Waals surface area (Å²) in [5.41, 5.74) is 4.14. The van der Waals surface area contributed by atoms with Crippen molar-refractivity contribution in [3.63, 3.8) is 0 Å². The Hall–Kier alpha value is -3.68. The predicted molar refractivity (Wildman–Crippen MR) is 112 cm³/mol. The van der Waals surface area contributed by atoms with Crippen LogP contribution in [0.25, 0.3) is 0 Å². The third-order valence-corrected chi connectivity index (χ3v) is 4.62. The normalized spacial score (nSPS) is 10.5. The highest BCUT2D eigenvalue weighted by atomic mass is 16.2. The maximum absolute atomic E-state index is 12.3. The Morgan fingerprint density at radius 1 is 0.700 bits per heavy atom. The molecular formula is C22H24N6O2. The molecule has 2 N–H and O–H groups in total. The highest BCUT2D eigenvalue weighted by Gasteiger charge is 2.12. The molecule has 2 aromatic heterocycles. The van der Waals surface area contributed by atoms with E-state index in [9.17, 15) is 9.59 Å². The molecule has 0 saturated heterocycles. The third-order valence-electron chi connectivity index (χ3n) is 4.62. The second kappa shape index (κ2) is 9.21. The Balaban J connectivity index is 1.53. The van der Waals surface area contributed by atoms with Crippen molar-refractivity contribution in [2.75, 3.05) is 0 Å². The van der Waals surface area contributed by atoms with Gasteiger partial charge in [-0.25, -0.2) is 19.9 Å². The lowest BCUT2D eigenvalue weighted by Crippen LogP contribution is -2.25. The Labute approximate surface area is 175 Å². The smallest absolute Gasteiger partial charge is 0.254 e. The van der Waals surface area contributed by atoms with E-state index in [-0.39, 0.29) is 11.8 Å². The summed E-state index contributed by atoms with van der Waals surface area (Å²) in [6.07, 6.45) is 3.08. The number of nitrogens with one attached hydrogen (secondary N) is 2. The molecule has 30 heavy (non-hydrogen) atoms. The average Bonchev–Trinajstić information content (AvgIpc) is 2.71. The Morgan fingerprint density at radius 3 is 1.40 bits per heavy atom. The van der Waals surface area contributed by atoms with Crippen LogP contribution in [0.15, 0.2) is 36.7 Å². The largest absolute Gasteiger partial charge is 0.348 e. The quantitative estimate of drug-likeness (QED) is 0.653. The van der Waals surface area contributed by atoms with E-state index in [1.807, 2.05) is 24.3 Å². The molecule has 3 aromatic rings. The van der Waals surface area contributed by atoms with Gasteiger partial charge in [-0.1, -0.05) is 24.3 Å². The van der Waals surface area contributed by atoms with Crippen LogP contribution in [-0.2, 0) is 13.1 Å². The van der Waals surface area contributed by atoms with Crippen LogP contribution < -0.4 is 10.6 Å². The summed E-state index contributed by atoms with van der Waals surface area (Å²) in [5, 5.41) is 5.75. The fourth-order valence-electron chi connectivity index (χ4n) is 2.94. The second-order valence-corrected chi connectivity index (χ2v) is 7.01. The lowest BCUT2D eigenvalue weighted by atomic mass is 10.1.